The first-order chi connectivity index (χ1) is 12.0. The first kappa shape index (κ1) is 17.6. The van der Waals surface area contributed by atoms with E-state index in [1.807, 2.05) is 27.0 Å². The third kappa shape index (κ3) is 3.89. The Bertz CT molecular complexity index is 737. The second-order valence-corrected chi connectivity index (χ2v) is 7.34. The van der Waals surface area contributed by atoms with Crippen LogP contribution in [0.15, 0.2) is 30.3 Å². The number of piperidine rings is 1. The Hall–Kier alpha value is -2.23. The van der Waals surface area contributed by atoms with Crippen LogP contribution in [0.4, 0.5) is 11.4 Å². The van der Waals surface area contributed by atoms with Gasteiger partial charge in [0.15, 0.2) is 5.78 Å². The van der Waals surface area contributed by atoms with E-state index >= 15 is 0 Å². The molecule has 3 rings (SSSR count). The average molecular weight is 339 g/mol. The van der Waals surface area contributed by atoms with Gasteiger partial charge < -0.3 is 14.8 Å². The topological polar surface area (TPSA) is 37.3 Å². The van der Waals surface area contributed by atoms with Crippen molar-refractivity contribution in [2.75, 3.05) is 29.9 Å². The lowest BCUT2D eigenvalue weighted by atomic mass is 9.99. The van der Waals surface area contributed by atoms with Crippen LogP contribution >= 0.6 is 0 Å². The number of rotatable bonds is 5. The van der Waals surface area contributed by atoms with E-state index in [4.69, 9.17) is 0 Å². The molecule has 0 bridgehead atoms. The maximum absolute atomic E-state index is 12.5. The molecule has 0 unspecified atom stereocenters. The van der Waals surface area contributed by atoms with Gasteiger partial charge in [0, 0.05) is 48.5 Å². The van der Waals surface area contributed by atoms with Crippen LogP contribution in [0.5, 0.6) is 0 Å². The fraction of sp³-hybridized carbons (Fsp3) is 0.476. The number of aromatic nitrogens is 1. The van der Waals surface area contributed by atoms with Crippen LogP contribution in [0.25, 0.3) is 0 Å². The van der Waals surface area contributed by atoms with E-state index in [1.54, 1.807) is 0 Å². The molecule has 4 nitrogen and oxygen atoms in total. The molecule has 2 heterocycles. The number of nitrogens with zero attached hydrogens (tertiary/aromatic N) is 2. The van der Waals surface area contributed by atoms with Gasteiger partial charge in [0.1, 0.15) is 0 Å². The summed E-state index contributed by atoms with van der Waals surface area (Å²) in [6.07, 6.45) is 2.54. The van der Waals surface area contributed by atoms with Crippen LogP contribution in [-0.4, -0.2) is 30.0 Å². The third-order valence-electron chi connectivity index (χ3n) is 5.54. The van der Waals surface area contributed by atoms with E-state index < -0.39 is 0 Å². The van der Waals surface area contributed by atoms with Crippen molar-refractivity contribution in [2.24, 2.45) is 13.0 Å². The van der Waals surface area contributed by atoms with Gasteiger partial charge in [-0.15, -0.1) is 0 Å². The number of carbonyl (C=O) groups excluding carboxylic acids is 1. The van der Waals surface area contributed by atoms with Gasteiger partial charge in [-0.25, -0.2) is 0 Å². The Morgan fingerprint density at radius 2 is 1.80 bits per heavy atom. The zero-order valence-electron chi connectivity index (χ0n) is 15.8. The van der Waals surface area contributed by atoms with Gasteiger partial charge in [0.25, 0.3) is 0 Å². The average Bonchev–Trinajstić information content (AvgIpc) is 2.88. The second-order valence-electron chi connectivity index (χ2n) is 7.34. The number of carbonyl (C=O) groups is 1. The van der Waals surface area contributed by atoms with Gasteiger partial charge >= 0.3 is 0 Å². The summed E-state index contributed by atoms with van der Waals surface area (Å²) in [5, 5.41) is 3.26. The van der Waals surface area contributed by atoms with Crippen LogP contribution in [-0.2, 0) is 7.05 Å². The summed E-state index contributed by atoms with van der Waals surface area (Å²) >= 11 is 0. The van der Waals surface area contributed by atoms with Crippen LogP contribution in [0.2, 0.25) is 0 Å². The molecule has 0 aliphatic carbocycles. The van der Waals surface area contributed by atoms with Crippen molar-refractivity contribution in [2.45, 2.75) is 33.6 Å². The van der Waals surface area contributed by atoms with Gasteiger partial charge in [-0.1, -0.05) is 6.92 Å². The van der Waals surface area contributed by atoms with Gasteiger partial charge in [-0.2, -0.15) is 0 Å². The predicted molar refractivity (Wildman–Crippen MR) is 105 cm³/mol. The molecule has 0 saturated carbocycles. The Labute approximate surface area is 150 Å². The van der Waals surface area contributed by atoms with Crippen LogP contribution in [0, 0.1) is 19.8 Å². The molecule has 1 N–H and O–H groups in total. The molecule has 134 valence electrons. The molecule has 25 heavy (non-hydrogen) atoms. The van der Waals surface area contributed by atoms with Crippen molar-refractivity contribution in [3.05, 3.63) is 47.3 Å². The summed E-state index contributed by atoms with van der Waals surface area (Å²) in [5.74, 6) is 0.976. The van der Waals surface area contributed by atoms with E-state index in [0.717, 1.165) is 41.6 Å². The fourth-order valence-corrected chi connectivity index (χ4v) is 3.47. The van der Waals surface area contributed by atoms with E-state index in [9.17, 15) is 4.79 Å². The van der Waals surface area contributed by atoms with Crippen LogP contribution in [0.1, 0.15) is 41.5 Å². The monoisotopic (exact) mass is 339 g/mol. The van der Waals surface area contributed by atoms with Crippen molar-refractivity contribution < 1.29 is 4.79 Å². The molecule has 0 spiro atoms. The van der Waals surface area contributed by atoms with Gasteiger partial charge in [-0.05, 0) is 62.9 Å². The number of ketones is 1. The third-order valence-corrected chi connectivity index (χ3v) is 5.54. The summed E-state index contributed by atoms with van der Waals surface area (Å²) in [6, 6.07) is 10.4. The maximum Gasteiger partial charge on any atom is 0.183 e. The number of benzene rings is 1. The lowest BCUT2D eigenvalue weighted by molar-refractivity contribution is 0.101. The highest BCUT2D eigenvalue weighted by atomic mass is 16.1. The summed E-state index contributed by atoms with van der Waals surface area (Å²) in [6.45, 7) is 8.95. The molecule has 0 atom stereocenters. The molecule has 1 aromatic heterocycles. The van der Waals surface area contributed by atoms with Gasteiger partial charge in [-0.3, -0.25) is 4.79 Å². The number of Topliss-reactive ketones (excluding diaryl/α,β-unsaturated/α-hetero) is 1. The lowest BCUT2D eigenvalue weighted by Gasteiger charge is -2.32. The summed E-state index contributed by atoms with van der Waals surface area (Å²) < 4.78 is 2.06. The number of hydrogen-bond acceptors (Lipinski definition) is 3. The zero-order valence-corrected chi connectivity index (χ0v) is 15.8. The summed E-state index contributed by atoms with van der Waals surface area (Å²) in [7, 11) is 1.99. The molecule has 0 amide bonds. The standard InChI is InChI=1S/C21H29N3O/c1-15-9-11-24(12-10-15)19-7-5-18(6-8-19)22-14-21(25)20-13-16(2)23(4)17(20)3/h5-8,13,15,22H,9-12,14H2,1-4H3. The van der Waals surface area contributed by atoms with Crippen molar-refractivity contribution in [3.63, 3.8) is 0 Å². The van der Waals surface area contributed by atoms with Crippen LogP contribution < -0.4 is 10.2 Å². The summed E-state index contributed by atoms with van der Waals surface area (Å²) in [5.41, 5.74) is 5.22. The molecule has 1 saturated heterocycles. The largest absolute Gasteiger partial charge is 0.378 e. The first-order valence-electron chi connectivity index (χ1n) is 9.20. The highest BCUT2D eigenvalue weighted by Gasteiger charge is 2.16. The molecule has 1 fully saturated rings. The highest BCUT2D eigenvalue weighted by Crippen LogP contribution is 2.24. The molecule has 0 radical (unpaired) electrons. The van der Waals surface area contributed by atoms with E-state index in [-0.39, 0.29) is 5.78 Å². The maximum atomic E-state index is 12.5. The quantitative estimate of drug-likeness (QED) is 0.831. The molecule has 4 heteroatoms. The van der Waals surface area contributed by atoms with Crippen molar-refractivity contribution in [1.82, 2.24) is 4.57 Å². The normalized spacial score (nSPS) is 15.4. The van der Waals surface area contributed by atoms with E-state index in [2.05, 4.69) is 46.0 Å². The predicted octanol–water partition coefficient (Wildman–Crippen LogP) is 4.17. The van der Waals surface area contributed by atoms with Crippen LogP contribution in [0.3, 0.4) is 0 Å². The first-order valence-corrected chi connectivity index (χ1v) is 9.20. The van der Waals surface area contributed by atoms with E-state index in [1.165, 1.54) is 18.5 Å². The van der Waals surface area contributed by atoms with Gasteiger partial charge in [0.05, 0.1) is 6.54 Å². The Kier molecular flexibility index (Phi) is 5.16. The molecule has 1 aliphatic heterocycles. The molecular weight excluding hydrogens is 310 g/mol. The lowest BCUT2D eigenvalue weighted by Crippen LogP contribution is -2.32. The second kappa shape index (κ2) is 7.34. The van der Waals surface area contributed by atoms with Crippen molar-refractivity contribution in [3.8, 4) is 0 Å². The van der Waals surface area contributed by atoms with Crippen molar-refractivity contribution >= 4 is 17.2 Å². The Morgan fingerprint density at radius 3 is 2.36 bits per heavy atom. The number of aryl methyl sites for hydroxylation is 1. The molecular formula is C21H29N3O. The minimum Gasteiger partial charge on any atom is -0.378 e. The highest BCUT2D eigenvalue weighted by molar-refractivity contribution is 6.00. The molecule has 1 aromatic carbocycles. The molecule has 2 aromatic rings. The minimum atomic E-state index is 0.135. The van der Waals surface area contributed by atoms with Gasteiger partial charge in [0.2, 0.25) is 0 Å². The van der Waals surface area contributed by atoms with Crippen molar-refractivity contribution in [1.29, 1.82) is 0 Å². The Morgan fingerprint density at radius 1 is 1.16 bits per heavy atom. The molecule has 1 aliphatic rings. The van der Waals surface area contributed by atoms with E-state index in [0.29, 0.717) is 6.54 Å². The minimum absolute atomic E-state index is 0.135. The summed E-state index contributed by atoms with van der Waals surface area (Å²) in [4.78, 5) is 14.9. The fourth-order valence-electron chi connectivity index (χ4n) is 3.47. The number of hydrogen-bond donors (Lipinski definition) is 1. The Balaban J connectivity index is 1.58. The SMILES string of the molecule is Cc1cc(C(=O)CNc2ccc(N3CCC(C)CC3)cc2)c(C)n1C. The number of anilines is 2. The zero-order chi connectivity index (χ0) is 18.0. The number of nitrogens with one attached hydrogen (secondary N) is 1. The smallest absolute Gasteiger partial charge is 0.183 e.